The minimum absolute atomic E-state index is 0.0748. The van der Waals surface area contributed by atoms with Crippen LogP contribution in [0.15, 0.2) is 108 Å². The molecule has 0 aliphatic carbocycles. The van der Waals surface area contributed by atoms with E-state index in [9.17, 15) is 19.2 Å². The average Bonchev–Trinajstić information content (AvgIpc) is 3.40. The lowest BCUT2D eigenvalue weighted by Gasteiger charge is -2.49. The Kier molecular flexibility index (Phi) is 9.17. The summed E-state index contributed by atoms with van der Waals surface area (Å²) in [5.74, 6) is -0.944. The molecule has 10 nitrogen and oxygen atoms in total. The van der Waals surface area contributed by atoms with Crippen molar-refractivity contribution < 1.29 is 28.7 Å². The highest BCUT2D eigenvalue weighted by Gasteiger charge is 2.55. The topological polar surface area (TPSA) is 118 Å². The van der Waals surface area contributed by atoms with E-state index in [0.29, 0.717) is 36.4 Å². The lowest BCUT2D eigenvalue weighted by atomic mass is 10.00. The Balaban J connectivity index is 1.32. The fourth-order valence-electron chi connectivity index (χ4n) is 5.80. The zero-order valence-electron chi connectivity index (χ0n) is 26.4. The predicted octanol–water partition coefficient (Wildman–Crippen LogP) is 5.14. The first kappa shape index (κ1) is 32.1. The van der Waals surface area contributed by atoms with Crippen LogP contribution in [0.2, 0.25) is 0 Å². The van der Waals surface area contributed by atoms with Gasteiger partial charge in [0.2, 0.25) is 5.91 Å². The van der Waals surface area contributed by atoms with E-state index in [1.807, 2.05) is 72.8 Å². The van der Waals surface area contributed by atoms with E-state index in [1.54, 1.807) is 44.1 Å². The molecule has 242 valence electrons. The summed E-state index contributed by atoms with van der Waals surface area (Å²) in [6.45, 7) is 6.20. The number of hydrogen-bond donors (Lipinski definition) is 1. The van der Waals surface area contributed by atoms with Crippen molar-refractivity contribution >= 4 is 35.6 Å². The molecule has 11 heteroatoms. The van der Waals surface area contributed by atoms with Crippen molar-refractivity contribution in [2.45, 2.75) is 56.9 Å². The number of fused-ring (bicyclic) bond motifs is 1. The van der Waals surface area contributed by atoms with Crippen LogP contribution in [-0.2, 0) is 30.4 Å². The zero-order valence-corrected chi connectivity index (χ0v) is 27.2. The Hall–Kier alpha value is -4.90. The largest absolute Gasteiger partial charge is 0.448 e. The molecule has 0 radical (unpaired) electrons. The lowest BCUT2D eigenvalue weighted by molar-refractivity contribution is -0.153. The van der Waals surface area contributed by atoms with Crippen LogP contribution in [-0.4, -0.2) is 68.0 Å². The second-order valence-corrected chi connectivity index (χ2v) is 13.6. The number of aromatic nitrogens is 1. The van der Waals surface area contributed by atoms with E-state index in [1.165, 1.54) is 16.7 Å². The third-order valence-electron chi connectivity index (χ3n) is 7.98. The molecular weight excluding hydrogens is 616 g/mol. The number of alkyl carbamates (subject to hydrolysis) is 1. The van der Waals surface area contributed by atoms with E-state index >= 15 is 0 Å². The van der Waals surface area contributed by atoms with Gasteiger partial charge < -0.3 is 19.7 Å². The van der Waals surface area contributed by atoms with Crippen LogP contribution in [0.3, 0.4) is 0 Å². The molecule has 1 aromatic heterocycles. The fourth-order valence-corrected chi connectivity index (χ4v) is 7.10. The van der Waals surface area contributed by atoms with Crippen LogP contribution in [0, 0.1) is 0 Å². The van der Waals surface area contributed by atoms with Gasteiger partial charge in [-0.1, -0.05) is 60.7 Å². The number of β-lactam (4-membered cyclic amide) rings is 1. The van der Waals surface area contributed by atoms with Crippen molar-refractivity contribution in [2.24, 2.45) is 0 Å². The van der Waals surface area contributed by atoms with E-state index in [2.05, 4.69) is 10.3 Å². The summed E-state index contributed by atoms with van der Waals surface area (Å²) in [4.78, 5) is 61.1. The number of ether oxygens (including phenoxy) is 2. The normalized spacial score (nSPS) is 20.3. The van der Waals surface area contributed by atoms with Crippen LogP contribution in [0.25, 0.3) is 0 Å². The van der Waals surface area contributed by atoms with E-state index in [4.69, 9.17) is 9.47 Å². The summed E-state index contributed by atoms with van der Waals surface area (Å²) in [5, 5.41) is 2.12. The van der Waals surface area contributed by atoms with Gasteiger partial charge in [0.15, 0.2) is 6.10 Å². The Morgan fingerprint density at radius 1 is 1.00 bits per heavy atom. The molecule has 4 heterocycles. The number of allylic oxidation sites excluding steroid dienone is 1. The van der Waals surface area contributed by atoms with Gasteiger partial charge in [0.25, 0.3) is 5.91 Å². The van der Waals surface area contributed by atoms with Gasteiger partial charge in [-0.3, -0.25) is 19.5 Å². The first-order valence-electron chi connectivity index (χ1n) is 15.5. The maximum atomic E-state index is 14.3. The van der Waals surface area contributed by atoms with Crippen molar-refractivity contribution in [3.63, 3.8) is 0 Å². The monoisotopic (exact) mass is 652 g/mol. The highest BCUT2D eigenvalue weighted by molar-refractivity contribution is 8.00. The molecule has 0 saturated carbocycles. The maximum Gasteiger partial charge on any atom is 0.408 e. The highest BCUT2D eigenvalue weighted by Crippen LogP contribution is 2.42. The van der Waals surface area contributed by atoms with Gasteiger partial charge in [-0.05, 0) is 67.7 Å². The molecule has 0 bridgehead atoms. The molecule has 3 aromatic rings. The second-order valence-electron chi connectivity index (χ2n) is 12.5. The zero-order chi connectivity index (χ0) is 33.1. The first-order valence-corrected chi connectivity index (χ1v) is 16.5. The number of nitrogens with zero attached hydrogens (tertiary/aromatic N) is 3. The minimum atomic E-state index is -0.880. The standard InChI is InChI=1S/C36H36N4O6S/c1-36(2,3)46-35(44)38-28-32(42)40-29(34(43)45-30(24-10-6-4-7-11-24)25-12-8-5-9-13-25)27(22-47-33(28)40)20-26-16-19-39(31(26)41)21-23-14-17-37-18-15-23/h4-15,17-18,20,28,30,33H,16,19,21-22H2,1-3H3,(H,38,44)/t28-,33-/m1/s1. The number of carbonyl (C=O) groups excluding carboxylic acids is 4. The van der Waals surface area contributed by atoms with Gasteiger partial charge in [-0.25, -0.2) is 9.59 Å². The molecule has 0 spiro atoms. The molecule has 6 rings (SSSR count). The Labute approximate surface area is 277 Å². The third kappa shape index (κ3) is 7.10. The second kappa shape index (κ2) is 13.4. The number of benzene rings is 2. The molecule has 47 heavy (non-hydrogen) atoms. The Morgan fingerprint density at radius 3 is 2.26 bits per heavy atom. The van der Waals surface area contributed by atoms with Crippen molar-refractivity contribution in [2.75, 3.05) is 12.3 Å². The van der Waals surface area contributed by atoms with Gasteiger partial charge in [-0.15, -0.1) is 11.8 Å². The number of hydrogen-bond acceptors (Lipinski definition) is 8. The summed E-state index contributed by atoms with van der Waals surface area (Å²) in [5.41, 5.74) is 2.92. The van der Waals surface area contributed by atoms with E-state index in [0.717, 1.165) is 16.7 Å². The molecule has 2 atom stereocenters. The third-order valence-corrected chi connectivity index (χ3v) is 9.28. The number of likely N-dealkylation sites (tertiary alicyclic amines) is 1. The summed E-state index contributed by atoms with van der Waals surface area (Å²) in [6.07, 6.45) is 4.16. The highest BCUT2D eigenvalue weighted by atomic mass is 32.2. The molecule has 2 aromatic carbocycles. The number of pyridine rings is 1. The van der Waals surface area contributed by atoms with Gasteiger partial charge >= 0.3 is 12.1 Å². The molecule has 3 amide bonds. The van der Waals surface area contributed by atoms with Crippen molar-refractivity contribution in [1.29, 1.82) is 0 Å². The summed E-state index contributed by atoms with van der Waals surface area (Å²) >= 11 is 1.41. The molecule has 2 fully saturated rings. The number of thioether (sulfide) groups is 1. The van der Waals surface area contributed by atoms with Gasteiger partial charge in [0.1, 0.15) is 22.7 Å². The fraction of sp³-hybridized carbons (Fsp3) is 0.306. The van der Waals surface area contributed by atoms with E-state index in [-0.39, 0.29) is 11.6 Å². The number of carbonyl (C=O) groups is 4. The van der Waals surface area contributed by atoms with Gasteiger partial charge in [-0.2, -0.15) is 0 Å². The van der Waals surface area contributed by atoms with Crippen LogP contribution in [0.5, 0.6) is 0 Å². The smallest absolute Gasteiger partial charge is 0.408 e. The quantitative estimate of drug-likeness (QED) is 0.202. The lowest BCUT2D eigenvalue weighted by Crippen LogP contribution is -2.70. The molecule has 2 saturated heterocycles. The molecule has 3 aliphatic heterocycles. The number of esters is 1. The summed E-state index contributed by atoms with van der Waals surface area (Å²) < 4.78 is 11.6. The van der Waals surface area contributed by atoms with Gasteiger partial charge in [0, 0.05) is 36.8 Å². The van der Waals surface area contributed by atoms with Crippen LogP contribution in [0.4, 0.5) is 4.79 Å². The van der Waals surface area contributed by atoms with E-state index < -0.39 is 41.1 Å². The number of amides is 3. The Morgan fingerprint density at radius 2 is 1.64 bits per heavy atom. The van der Waals surface area contributed by atoms with Crippen molar-refractivity contribution in [3.8, 4) is 0 Å². The minimum Gasteiger partial charge on any atom is -0.448 e. The van der Waals surface area contributed by atoms with Crippen molar-refractivity contribution in [3.05, 3.63) is 125 Å². The number of rotatable bonds is 8. The predicted molar refractivity (Wildman–Crippen MR) is 176 cm³/mol. The maximum absolute atomic E-state index is 14.3. The molecule has 3 aliphatic rings. The van der Waals surface area contributed by atoms with Crippen molar-refractivity contribution in [1.82, 2.24) is 20.1 Å². The Bertz CT molecular complexity index is 1680. The average molecular weight is 653 g/mol. The van der Waals surface area contributed by atoms with Crippen LogP contribution in [0.1, 0.15) is 50.0 Å². The summed E-state index contributed by atoms with van der Waals surface area (Å²) in [6, 6.07) is 21.6. The molecule has 0 unspecified atom stereocenters. The SMILES string of the molecule is CC(C)(C)OC(=O)N[C@@H]1C(=O)N2C(C(=O)OC(c3ccccc3)c3ccccc3)=C(C=C3CCN(Cc4ccncc4)C3=O)CS[C@H]12. The molecular formula is C36H36N4O6S. The van der Waals surface area contributed by atoms with Crippen LogP contribution >= 0.6 is 11.8 Å². The first-order chi connectivity index (χ1) is 22.6. The molecule has 1 N–H and O–H groups in total. The number of nitrogens with one attached hydrogen (secondary N) is 1. The summed E-state index contributed by atoms with van der Waals surface area (Å²) in [7, 11) is 0. The van der Waals surface area contributed by atoms with Crippen LogP contribution < -0.4 is 5.32 Å². The van der Waals surface area contributed by atoms with Gasteiger partial charge in [0.05, 0.1) is 0 Å².